The van der Waals surface area contributed by atoms with Crippen LogP contribution in [0.1, 0.15) is 0 Å². The van der Waals surface area contributed by atoms with Crippen molar-refractivity contribution in [3.63, 3.8) is 0 Å². The normalized spacial score (nSPS) is 6.25. The van der Waals surface area contributed by atoms with Crippen LogP contribution in [0.3, 0.4) is 0 Å². The quantitative estimate of drug-likeness (QED) is 0.629. The maximum absolute atomic E-state index is 4.99. The average Bonchev–Trinajstić information content (AvgIpc) is 1.37. The minimum absolute atomic E-state index is 0.731. The Bertz CT molecular complexity index is 20.0. The van der Waals surface area contributed by atoms with Gasteiger partial charge >= 0.3 is 36.0 Å². The molecule has 0 aliphatic rings. The monoisotopic (exact) mass is 227 g/mol. The van der Waals surface area contributed by atoms with Gasteiger partial charge in [0.1, 0.15) is 0 Å². The van der Waals surface area contributed by atoms with Crippen molar-refractivity contribution in [1.82, 2.24) is 0 Å². The van der Waals surface area contributed by atoms with E-state index in [0.717, 1.165) is 6.54 Å². The summed E-state index contributed by atoms with van der Waals surface area (Å²) in [5, 5.41) is 0. The van der Waals surface area contributed by atoms with Crippen LogP contribution in [0.15, 0.2) is 0 Å². The van der Waals surface area contributed by atoms with E-state index in [2.05, 4.69) is 0 Å². The van der Waals surface area contributed by atoms with E-state index in [9.17, 15) is 0 Å². The van der Waals surface area contributed by atoms with E-state index >= 15 is 0 Å². The molecule has 0 fully saturated rings. The summed E-state index contributed by atoms with van der Waals surface area (Å²) < 4.78 is 1.99. The Kier molecular flexibility index (Phi) is 3.97. The summed E-state index contributed by atoms with van der Waals surface area (Å²) in [5.41, 5.74) is 4.99. The topological polar surface area (TPSA) is 26.0 Å². The van der Waals surface area contributed by atoms with Crippen molar-refractivity contribution in [3.05, 3.63) is 0 Å². The Balaban J connectivity index is 2.30. The predicted octanol–water partition coefficient (Wildman–Crippen LogP) is -0.706. The molecule has 0 radical (unpaired) electrons. The molecule has 0 amide bonds. The van der Waals surface area contributed by atoms with Gasteiger partial charge < -0.3 is 0 Å². The zero-order chi connectivity index (χ0) is 3.41. The third kappa shape index (κ3) is 2.52. The van der Waals surface area contributed by atoms with Crippen LogP contribution >= 0.6 is 0 Å². The fourth-order valence-corrected chi connectivity index (χ4v) is 0. The molecule has 0 aliphatic carbocycles. The van der Waals surface area contributed by atoms with Crippen LogP contribution < -0.4 is 5.73 Å². The third-order valence-corrected chi connectivity index (χ3v) is 0.788. The zero-order valence-corrected chi connectivity index (χ0v) is 5.20. The number of hydrogen-bond donors (Lipinski definition) is 1. The molecule has 24 valence electrons. The second kappa shape index (κ2) is 3.52. The SMILES string of the molecule is NC[CH]=[W]. The summed E-state index contributed by atoms with van der Waals surface area (Å²) >= 11 is 1.46. The molecule has 0 aromatic rings. The van der Waals surface area contributed by atoms with Gasteiger partial charge in [0, 0.05) is 0 Å². The van der Waals surface area contributed by atoms with Gasteiger partial charge in [-0.1, -0.05) is 0 Å². The molecule has 0 atom stereocenters. The van der Waals surface area contributed by atoms with Gasteiger partial charge in [-0.3, -0.25) is 0 Å². The molecule has 2 N–H and O–H groups in total. The van der Waals surface area contributed by atoms with Crippen molar-refractivity contribution >= 4 is 4.40 Å². The van der Waals surface area contributed by atoms with E-state index in [1.165, 1.54) is 19.4 Å². The predicted molar refractivity (Wildman–Crippen MR) is 15.1 cm³/mol. The van der Waals surface area contributed by atoms with Gasteiger partial charge in [0.2, 0.25) is 0 Å². The molecular weight excluding hydrogens is 222 g/mol. The molecule has 4 heavy (non-hydrogen) atoms. The molecule has 0 saturated heterocycles. The van der Waals surface area contributed by atoms with Gasteiger partial charge in [0.05, 0.1) is 0 Å². The van der Waals surface area contributed by atoms with Gasteiger partial charge in [0.15, 0.2) is 0 Å². The van der Waals surface area contributed by atoms with Gasteiger partial charge in [0.25, 0.3) is 0 Å². The first kappa shape index (κ1) is 4.52. The van der Waals surface area contributed by atoms with E-state index in [0.29, 0.717) is 0 Å². The summed E-state index contributed by atoms with van der Waals surface area (Å²) in [6.07, 6.45) is 0. The van der Waals surface area contributed by atoms with Crippen molar-refractivity contribution in [1.29, 1.82) is 0 Å². The molecule has 1 nitrogen and oxygen atoms in total. The third-order valence-electron chi connectivity index (χ3n) is 0.0962. The van der Waals surface area contributed by atoms with E-state index in [1.54, 1.807) is 0 Å². The molecule has 0 aromatic carbocycles. The van der Waals surface area contributed by atoms with Crippen molar-refractivity contribution in [3.8, 4) is 0 Å². The molecule has 0 aliphatic heterocycles. The number of nitrogens with two attached hydrogens (primary N) is 1. The van der Waals surface area contributed by atoms with Gasteiger partial charge in [-0.05, 0) is 0 Å². The summed E-state index contributed by atoms with van der Waals surface area (Å²) in [7, 11) is 0. The molecule has 0 unspecified atom stereocenters. The number of hydrogen-bond acceptors (Lipinski definition) is 1. The maximum atomic E-state index is 4.99. The summed E-state index contributed by atoms with van der Waals surface area (Å²) in [5.74, 6) is 0. The Hall–Kier alpha value is 0.518. The summed E-state index contributed by atoms with van der Waals surface area (Å²) in [6, 6.07) is 0. The molecule has 0 rings (SSSR count). The van der Waals surface area contributed by atoms with Gasteiger partial charge in [-0.25, -0.2) is 0 Å². The molecule has 0 bridgehead atoms. The fraction of sp³-hybridized carbons (Fsp3) is 0.500. The first-order chi connectivity index (χ1) is 1.91. The first-order valence-electron chi connectivity index (χ1n) is 1.05. The van der Waals surface area contributed by atoms with Crippen molar-refractivity contribution in [2.75, 3.05) is 6.54 Å². The standard InChI is InChI=1S/C2H5N.W/c1-2-3;/h1H,2-3H2;. The summed E-state index contributed by atoms with van der Waals surface area (Å²) in [4.78, 5) is 0. The van der Waals surface area contributed by atoms with E-state index in [1.807, 2.05) is 4.40 Å². The van der Waals surface area contributed by atoms with Crippen molar-refractivity contribution in [2.24, 2.45) is 5.73 Å². The molecule has 0 heterocycles. The van der Waals surface area contributed by atoms with Crippen molar-refractivity contribution in [2.45, 2.75) is 0 Å². The second-order valence-electron chi connectivity index (χ2n) is 0.402. The average molecular weight is 227 g/mol. The molecule has 0 saturated carbocycles. The molecule has 0 aromatic heterocycles. The van der Waals surface area contributed by atoms with Gasteiger partial charge in [-0.2, -0.15) is 0 Å². The van der Waals surface area contributed by atoms with Crippen LogP contribution in [0.2, 0.25) is 0 Å². The van der Waals surface area contributed by atoms with Crippen molar-refractivity contribution < 1.29 is 19.4 Å². The Morgan fingerprint density at radius 3 is 2.25 bits per heavy atom. The van der Waals surface area contributed by atoms with Crippen LogP contribution in [-0.4, -0.2) is 10.9 Å². The van der Waals surface area contributed by atoms with E-state index < -0.39 is 0 Å². The fourth-order valence-electron chi connectivity index (χ4n) is 0. The Morgan fingerprint density at radius 2 is 2.25 bits per heavy atom. The first-order valence-corrected chi connectivity index (χ1v) is 2.75. The van der Waals surface area contributed by atoms with Crippen LogP contribution in [0.5, 0.6) is 0 Å². The Labute approximate surface area is 36.6 Å². The van der Waals surface area contributed by atoms with E-state index in [-0.39, 0.29) is 0 Å². The summed E-state index contributed by atoms with van der Waals surface area (Å²) in [6.45, 7) is 0.731. The Morgan fingerprint density at radius 1 is 2.00 bits per heavy atom. The van der Waals surface area contributed by atoms with E-state index in [4.69, 9.17) is 5.73 Å². The molecule has 2 heteroatoms. The zero-order valence-electron chi connectivity index (χ0n) is 2.27. The van der Waals surface area contributed by atoms with Gasteiger partial charge in [-0.15, -0.1) is 0 Å². The molecular formula is C2H5NW. The van der Waals surface area contributed by atoms with Crippen LogP contribution in [0.4, 0.5) is 0 Å². The second-order valence-corrected chi connectivity index (χ2v) is 1.60. The minimum atomic E-state index is 0.731. The molecule has 0 spiro atoms. The van der Waals surface area contributed by atoms with Crippen LogP contribution in [0.25, 0.3) is 0 Å². The van der Waals surface area contributed by atoms with Crippen LogP contribution in [0, 0.1) is 0 Å². The number of rotatable bonds is 1. The van der Waals surface area contributed by atoms with Crippen LogP contribution in [-0.2, 0) is 19.4 Å².